The largest absolute Gasteiger partial charge is 0.393 e. The molecule has 1 fully saturated rings. The first-order valence-electron chi connectivity index (χ1n) is 7.09. The van der Waals surface area contributed by atoms with E-state index in [1.165, 1.54) is 6.07 Å². The van der Waals surface area contributed by atoms with Gasteiger partial charge in [0.25, 0.3) is 0 Å². The minimum absolute atomic E-state index is 0.0141. The van der Waals surface area contributed by atoms with Crippen molar-refractivity contribution in [3.05, 3.63) is 35.4 Å². The molecule has 1 aliphatic heterocycles. The van der Waals surface area contributed by atoms with Crippen molar-refractivity contribution < 1.29 is 13.9 Å². The van der Waals surface area contributed by atoms with Crippen LogP contribution in [0.15, 0.2) is 18.2 Å². The summed E-state index contributed by atoms with van der Waals surface area (Å²) in [5, 5.41) is 9.97. The standard InChI is InChI=1S/C15H22F2N2O/c1-2-15(20)11-6-12(18)9-19(8-11)7-10-3-4-13(16)14(17)5-10/h3-5,11-12,15,20H,2,6-9,18H2,1H3. The highest BCUT2D eigenvalue weighted by molar-refractivity contribution is 5.17. The van der Waals surface area contributed by atoms with Crippen LogP contribution in [0.25, 0.3) is 0 Å². The minimum Gasteiger partial charge on any atom is -0.393 e. The Morgan fingerprint density at radius 3 is 2.75 bits per heavy atom. The molecule has 1 aliphatic rings. The highest BCUT2D eigenvalue weighted by Gasteiger charge is 2.29. The van der Waals surface area contributed by atoms with Crippen LogP contribution in [0, 0.1) is 17.6 Å². The lowest BCUT2D eigenvalue weighted by Crippen LogP contribution is -2.49. The second-order valence-electron chi connectivity index (χ2n) is 5.67. The molecule has 1 heterocycles. The van der Waals surface area contributed by atoms with Crippen LogP contribution in [0.1, 0.15) is 25.3 Å². The fourth-order valence-electron chi connectivity index (χ4n) is 2.91. The van der Waals surface area contributed by atoms with Crippen molar-refractivity contribution in [1.29, 1.82) is 0 Å². The summed E-state index contributed by atoms with van der Waals surface area (Å²) < 4.78 is 26.1. The zero-order chi connectivity index (χ0) is 14.7. The number of piperidine rings is 1. The number of hydrogen-bond acceptors (Lipinski definition) is 3. The van der Waals surface area contributed by atoms with Crippen molar-refractivity contribution in [1.82, 2.24) is 4.90 Å². The molecular weight excluding hydrogens is 262 g/mol. The van der Waals surface area contributed by atoms with E-state index in [1.807, 2.05) is 6.92 Å². The quantitative estimate of drug-likeness (QED) is 0.887. The van der Waals surface area contributed by atoms with Gasteiger partial charge in [0, 0.05) is 25.7 Å². The Kier molecular flexibility index (Phi) is 5.07. The zero-order valence-corrected chi connectivity index (χ0v) is 11.7. The van der Waals surface area contributed by atoms with E-state index >= 15 is 0 Å². The third kappa shape index (κ3) is 3.75. The maximum atomic E-state index is 13.2. The van der Waals surface area contributed by atoms with Crippen molar-refractivity contribution in [3.63, 3.8) is 0 Å². The Morgan fingerprint density at radius 1 is 1.35 bits per heavy atom. The van der Waals surface area contributed by atoms with Gasteiger partial charge in [-0.1, -0.05) is 13.0 Å². The maximum Gasteiger partial charge on any atom is 0.159 e. The van der Waals surface area contributed by atoms with Crippen LogP contribution in [0.4, 0.5) is 8.78 Å². The monoisotopic (exact) mass is 284 g/mol. The average Bonchev–Trinajstić information content (AvgIpc) is 2.41. The van der Waals surface area contributed by atoms with Crippen LogP contribution in [0.5, 0.6) is 0 Å². The molecule has 0 bridgehead atoms. The molecule has 0 spiro atoms. The van der Waals surface area contributed by atoms with Gasteiger partial charge in [0.15, 0.2) is 11.6 Å². The molecule has 5 heteroatoms. The molecule has 1 saturated heterocycles. The molecule has 0 aromatic heterocycles. The predicted molar refractivity (Wildman–Crippen MR) is 74.0 cm³/mol. The van der Waals surface area contributed by atoms with Gasteiger partial charge in [0.1, 0.15) is 0 Å². The summed E-state index contributed by atoms with van der Waals surface area (Å²) in [6, 6.07) is 3.97. The van der Waals surface area contributed by atoms with E-state index in [2.05, 4.69) is 4.90 Å². The molecule has 2 rings (SSSR count). The van der Waals surface area contributed by atoms with E-state index in [1.54, 1.807) is 6.07 Å². The Balaban J connectivity index is 2.02. The number of nitrogens with zero attached hydrogens (tertiary/aromatic N) is 1. The second-order valence-corrected chi connectivity index (χ2v) is 5.67. The third-order valence-electron chi connectivity index (χ3n) is 3.94. The Labute approximate surface area is 118 Å². The van der Waals surface area contributed by atoms with E-state index in [9.17, 15) is 13.9 Å². The van der Waals surface area contributed by atoms with Crippen molar-refractivity contribution >= 4 is 0 Å². The summed E-state index contributed by atoms with van der Waals surface area (Å²) in [6.45, 7) is 3.93. The fraction of sp³-hybridized carbons (Fsp3) is 0.600. The summed E-state index contributed by atoms with van der Waals surface area (Å²) in [4.78, 5) is 2.10. The highest BCUT2D eigenvalue weighted by Crippen LogP contribution is 2.22. The Morgan fingerprint density at radius 2 is 2.10 bits per heavy atom. The molecule has 3 nitrogen and oxygen atoms in total. The lowest BCUT2D eigenvalue weighted by atomic mass is 9.88. The number of likely N-dealkylation sites (tertiary alicyclic amines) is 1. The molecule has 3 N–H and O–H groups in total. The van der Waals surface area contributed by atoms with E-state index in [4.69, 9.17) is 5.73 Å². The lowest BCUT2D eigenvalue weighted by Gasteiger charge is -2.38. The average molecular weight is 284 g/mol. The molecule has 3 unspecified atom stereocenters. The number of halogens is 2. The molecule has 20 heavy (non-hydrogen) atoms. The summed E-state index contributed by atoms with van der Waals surface area (Å²) in [6.07, 6.45) is 1.16. The predicted octanol–water partition coefficient (Wildman–Crippen LogP) is 1.88. The minimum atomic E-state index is -0.830. The van der Waals surface area contributed by atoms with E-state index in [0.717, 1.165) is 24.6 Å². The molecule has 0 saturated carbocycles. The SMILES string of the molecule is CCC(O)C1CC(N)CN(Cc2ccc(F)c(F)c2)C1. The highest BCUT2D eigenvalue weighted by atomic mass is 19.2. The Bertz CT molecular complexity index is 455. The zero-order valence-electron chi connectivity index (χ0n) is 11.7. The number of aliphatic hydroxyl groups excluding tert-OH is 1. The van der Waals surface area contributed by atoms with Gasteiger partial charge in [-0.25, -0.2) is 8.78 Å². The van der Waals surface area contributed by atoms with Crippen LogP contribution in [0.3, 0.4) is 0 Å². The molecule has 0 radical (unpaired) electrons. The molecule has 3 atom stereocenters. The summed E-state index contributed by atoms with van der Waals surface area (Å²) in [7, 11) is 0. The summed E-state index contributed by atoms with van der Waals surface area (Å²) in [5.74, 6) is -1.51. The first-order valence-corrected chi connectivity index (χ1v) is 7.09. The van der Waals surface area contributed by atoms with Crippen molar-refractivity contribution in [2.45, 2.75) is 38.5 Å². The van der Waals surface area contributed by atoms with Crippen molar-refractivity contribution in [2.75, 3.05) is 13.1 Å². The second kappa shape index (κ2) is 6.61. The van der Waals surface area contributed by atoms with E-state index < -0.39 is 11.6 Å². The fourth-order valence-corrected chi connectivity index (χ4v) is 2.91. The van der Waals surface area contributed by atoms with Gasteiger partial charge in [-0.15, -0.1) is 0 Å². The van der Waals surface area contributed by atoms with Gasteiger partial charge in [-0.3, -0.25) is 4.90 Å². The van der Waals surface area contributed by atoms with Gasteiger partial charge in [0.05, 0.1) is 6.10 Å². The first kappa shape index (κ1) is 15.4. The summed E-state index contributed by atoms with van der Waals surface area (Å²) in [5.41, 5.74) is 6.75. The van der Waals surface area contributed by atoms with Crippen LogP contribution in [0.2, 0.25) is 0 Å². The summed E-state index contributed by atoms with van der Waals surface area (Å²) >= 11 is 0. The van der Waals surface area contributed by atoms with Crippen molar-refractivity contribution in [2.24, 2.45) is 11.7 Å². The molecule has 0 amide bonds. The van der Waals surface area contributed by atoms with Gasteiger partial charge >= 0.3 is 0 Å². The van der Waals surface area contributed by atoms with Crippen LogP contribution in [-0.2, 0) is 6.54 Å². The maximum absolute atomic E-state index is 13.2. The number of rotatable bonds is 4. The molecule has 1 aromatic carbocycles. The normalized spacial score (nSPS) is 25.6. The first-order chi connectivity index (χ1) is 9.49. The van der Waals surface area contributed by atoms with Gasteiger partial charge in [0.2, 0.25) is 0 Å². The molecule has 0 aliphatic carbocycles. The van der Waals surface area contributed by atoms with E-state index in [-0.39, 0.29) is 18.1 Å². The topological polar surface area (TPSA) is 49.5 Å². The number of benzene rings is 1. The number of hydrogen-bond donors (Lipinski definition) is 2. The molecule has 1 aromatic rings. The number of nitrogens with two attached hydrogens (primary N) is 1. The van der Waals surface area contributed by atoms with Crippen LogP contribution < -0.4 is 5.73 Å². The lowest BCUT2D eigenvalue weighted by molar-refractivity contribution is 0.0387. The number of aliphatic hydroxyl groups is 1. The van der Waals surface area contributed by atoms with E-state index in [0.29, 0.717) is 19.5 Å². The van der Waals surface area contributed by atoms with Crippen LogP contribution in [-0.4, -0.2) is 35.2 Å². The van der Waals surface area contributed by atoms with Crippen molar-refractivity contribution in [3.8, 4) is 0 Å². The van der Waals surface area contributed by atoms with Gasteiger partial charge < -0.3 is 10.8 Å². The smallest absolute Gasteiger partial charge is 0.159 e. The van der Waals surface area contributed by atoms with Crippen LogP contribution >= 0.6 is 0 Å². The third-order valence-corrected chi connectivity index (χ3v) is 3.94. The van der Waals surface area contributed by atoms with Gasteiger partial charge in [-0.2, -0.15) is 0 Å². The molecule has 112 valence electrons. The van der Waals surface area contributed by atoms with Gasteiger partial charge in [-0.05, 0) is 36.5 Å². The molecular formula is C15H22F2N2O. The Hall–Kier alpha value is -1.04.